The maximum atomic E-state index is 12.0. The van der Waals surface area contributed by atoms with Crippen molar-refractivity contribution in [3.8, 4) is 46.0 Å². The first-order chi connectivity index (χ1) is 34.2. The molecule has 0 aromatic heterocycles. The predicted octanol–water partition coefficient (Wildman–Crippen LogP) is 8.64. The largest absolute Gasteiger partial charge is 0.507 e. The molecule has 3 N–H and O–H groups in total. The van der Waals surface area contributed by atoms with Crippen molar-refractivity contribution in [2.45, 2.75) is 39.5 Å². The third-order valence-electron chi connectivity index (χ3n) is 10.8. The van der Waals surface area contributed by atoms with E-state index < -0.39 is 11.9 Å². The van der Waals surface area contributed by atoms with Crippen molar-refractivity contribution < 1.29 is 77.4 Å². The van der Waals surface area contributed by atoms with E-state index in [1.54, 1.807) is 54.6 Å². The van der Waals surface area contributed by atoms with Crippen LogP contribution in [0.15, 0.2) is 110 Å². The standard InChI is InChI=1S/C32H34O11.C23H22O5/c1-6-42-43-20-41-28-10-8-23(16-29(28)36-3)14-25-12-21(2)11-24(32(25)40-19-31(35)38-5)13-22-7-9-27(26(15-22)17-33)39-18-30(34)37-4;1-14-7-17(9-15-3-5-20(25)19(11-15)13-24)23(27)18(8-14)10-16-4-6-21(26)22(12-16)28-2/h6-12,15-17H,1,13-14,18-20H2,2-5H3;3-8,11-13,25-27H,9-10H2,1-2H3. The minimum atomic E-state index is -0.562. The summed E-state index contributed by atoms with van der Waals surface area (Å²) in [4.78, 5) is 55.7. The lowest BCUT2D eigenvalue weighted by Gasteiger charge is -2.18. The molecular weight excluding hydrogens is 917 g/mol. The van der Waals surface area contributed by atoms with Gasteiger partial charge in [-0.1, -0.05) is 66.2 Å². The molecule has 0 aliphatic rings. The molecule has 6 aromatic carbocycles. The van der Waals surface area contributed by atoms with E-state index in [0.717, 1.165) is 61.9 Å². The Morgan fingerprint density at radius 2 is 0.986 bits per heavy atom. The number of ether oxygens (including phenoxy) is 7. The zero-order chi connectivity index (χ0) is 51.5. The normalized spacial score (nSPS) is 10.5. The van der Waals surface area contributed by atoms with E-state index in [2.05, 4.69) is 16.2 Å². The summed E-state index contributed by atoms with van der Waals surface area (Å²) >= 11 is 0. The Morgan fingerprint density at radius 3 is 1.52 bits per heavy atom. The van der Waals surface area contributed by atoms with Crippen LogP contribution >= 0.6 is 0 Å². The van der Waals surface area contributed by atoms with Gasteiger partial charge in [0.25, 0.3) is 0 Å². The van der Waals surface area contributed by atoms with E-state index in [1.165, 1.54) is 34.5 Å². The summed E-state index contributed by atoms with van der Waals surface area (Å²) < 4.78 is 37.0. The summed E-state index contributed by atoms with van der Waals surface area (Å²) in [5, 5.41) is 30.2. The summed E-state index contributed by atoms with van der Waals surface area (Å²) in [6.07, 6.45) is 4.14. The van der Waals surface area contributed by atoms with E-state index in [4.69, 9.17) is 33.3 Å². The van der Waals surface area contributed by atoms with Gasteiger partial charge in [0.05, 0.1) is 39.6 Å². The highest BCUT2D eigenvalue weighted by Crippen LogP contribution is 2.35. The Bertz CT molecular complexity index is 2830. The molecule has 0 radical (unpaired) electrons. The lowest BCUT2D eigenvalue weighted by Crippen LogP contribution is -2.15. The third kappa shape index (κ3) is 15.2. The van der Waals surface area contributed by atoms with Gasteiger partial charge in [0.1, 0.15) is 29.3 Å². The molecule has 0 aliphatic heterocycles. The van der Waals surface area contributed by atoms with Crippen molar-refractivity contribution in [1.29, 1.82) is 0 Å². The second-order valence-corrected chi connectivity index (χ2v) is 15.9. The summed E-state index contributed by atoms with van der Waals surface area (Å²) in [7, 11) is 5.57. The number of carbonyl (C=O) groups is 4. The number of hydrogen-bond acceptors (Lipinski definition) is 16. The molecule has 71 heavy (non-hydrogen) atoms. The number of hydrogen-bond donors (Lipinski definition) is 3. The number of phenolic OH excluding ortho intramolecular Hbond substituents is 3. The Balaban J connectivity index is 0.000000288. The van der Waals surface area contributed by atoms with E-state index in [0.29, 0.717) is 61.3 Å². The van der Waals surface area contributed by atoms with Crippen LogP contribution in [0, 0.1) is 13.8 Å². The van der Waals surface area contributed by atoms with Gasteiger partial charge in [0.15, 0.2) is 48.8 Å². The first-order valence-electron chi connectivity index (χ1n) is 22.0. The molecule has 0 fully saturated rings. The fourth-order valence-electron chi connectivity index (χ4n) is 7.52. The van der Waals surface area contributed by atoms with Crippen molar-refractivity contribution in [3.05, 3.63) is 177 Å². The van der Waals surface area contributed by atoms with Gasteiger partial charge in [-0.2, -0.15) is 0 Å². The van der Waals surface area contributed by atoms with Crippen LogP contribution in [0.5, 0.6) is 46.0 Å². The number of aldehydes is 2. The van der Waals surface area contributed by atoms with Gasteiger partial charge in [0, 0.05) is 25.7 Å². The molecule has 6 aromatic rings. The van der Waals surface area contributed by atoms with Crippen LogP contribution in [0.2, 0.25) is 0 Å². The quantitative estimate of drug-likeness (QED) is 0.0104. The Kier molecular flexibility index (Phi) is 19.8. The van der Waals surface area contributed by atoms with Crippen LogP contribution in [0.4, 0.5) is 0 Å². The van der Waals surface area contributed by atoms with Crippen LogP contribution < -0.4 is 23.7 Å². The third-order valence-corrected chi connectivity index (χ3v) is 10.8. The van der Waals surface area contributed by atoms with Gasteiger partial charge in [-0.05, 0) is 107 Å². The number of benzene rings is 6. The van der Waals surface area contributed by atoms with Crippen molar-refractivity contribution in [2.75, 3.05) is 48.4 Å². The highest BCUT2D eigenvalue weighted by Gasteiger charge is 2.18. The summed E-state index contributed by atoms with van der Waals surface area (Å²) in [5.41, 5.74) is 8.99. The summed E-state index contributed by atoms with van der Waals surface area (Å²) in [6.45, 7) is 6.53. The average molecular weight is 973 g/mol. The number of rotatable bonds is 23. The van der Waals surface area contributed by atoms with Crippen molar-refractivity contribution in [2.24, 2.45) is 0 Å². The van der Waals surface area contributed by atoms with Crippen LogP contribution in [-0.4, -0.2) is 88.3 Å². The fraction of sp³-hybridized carbons (Fsp3) is 0.236. The summed E-state index contributed by atoms with van der Waals surface area (Å²) in [5.74, 6) is 1.21. The molecule has 372 valence electrons. The smallest absolute Gasteiger partial charge is 0.343 e. The maximum absolute atomic E-state index is 12.0. The van der Waals surface area contributed by atoms with Crippen molar-refractivity contribution in [1.82, 2.24) is 0 Å². The molecule has 6 rings (SSSR count). The van der Waals surface area contributed by atoms with E-state index >= 15 is 0 Å². The highest BCUT2D eigenvalue weighted by molar-refractivity contribution is 5.81. The molecule has 0 spiro atoms. The predicted molar refractivity (Wildman–Crippen MR) is 261 cm³/mol. The van der Waals surface area contributed by atoms with Crippen LogP contribution in [-0.2, 0) is 54.5 Å². The molecule has 16 heteroatoms. The van der Waals surface area contributed by atoms with Crippen LogP contribution in [0.3, 0.4) is 0 Å². The van der Waals surface area contributed by atoms with E-state index in [-0.39, 0.29) is 54.1 Å². The molecule has 0 atom stereocenters. The number of methoxy groups -OCH3 is 4. The van der Waals surface area contributed by atoms with Gasteiger partial charge in [-0.3, -0.25) is 9.59 Å². The van der Waals surface area contributed by atoms with Gasteiger partial charge >= 0.3 is 11.9 Å². The number of aryl methyl sites for hydroxylation is 2. The zero-order valence-corrected chi connectivity index (χ0v) is 40.3. The second kappa shape index (κ2) is 26.3. The lowest BCUT2D eigenvalue weighted by atomic mass is 9.94. The molecule has 0 bridgehead atoms. The Hall–Kier alpha value is -8.50. The number of esters is 2. The number of phenols is 3. The molecule has 16 nitrogen and oxygen atoms in total. The number of carbonyl (C=O) groups excluding carboxylic acids is 4. The van der Waals surface area contributed by atoms with Crippen LogP contribution in [0.1, 0.15) is 76.4 Å². The molecule has 0 saturated heterocycles. The van der Waals surface area contributed by atoms with Gasteiger partial charge in [-0.25, -0.2) is 9.59 Å². The first kappa shape index (κ1) is 53.5. The van der Waals surface area contributed by atoms with E-state index in [1.807, 2.05) is 50.2 Å². The number of aromatic hydroxyl groups is 3. The minimum Gasteiger partial charge on any atom is -0.507 e. The molecule has 0 saturated carbocycles. The lowest BCUT2D eigenvalue weighted by molar-refractivity contribution is -0.282. The second-order valence-electron chi connectivity index (χ2n) is 15.9. The Labute approximate surface area is 411 Å². The van der Waals surface area contributed by atoms with Crippen molar-refractivity contribution >= 4 is 24.5 Å². The SMILES string of the molecule is C=COOCOc1ccc(Cc2cc(C)cc(Cc3ccc(OCC(=O)OC)c(C=O)c3)c2OCC(=O)OC)cc1OC.COc1cc(Cc2cc(C)cc(Cc3ccc(O)c(C=O)c3)c2O)ccc1O. The maximum Gasteiger partial charge on any atom is 0.343 e. The molecule has 0 amide bonds. The molecule has 0 heterocycles. The minimum absolute atomic E-state index is 0.0609. The van der Waals surface area contributed by atoms with Gasteiger partial charge < -0.3 is 53.4 Å². The monoisotopic (exact) mass is 972 g/mol. The zero-order valence-electron chi connectivity index (χ0n) is 40.3. The molecule has 0 unspecified atom stereocenters. The van der Waals surface area contributed by atoms with E-state index in [9.17, 15) is 34.5 Å². The fourth-order valence-corrected chi connectivity index (χ4v) is 7.52. The highest BCUT2D eigenvalue weighted by atomic mass is 17.2. The average Bonchev–Trinajstić information content (AvgIpc) is 3.37. The topological polar surface area (TPSA) is 212 Å². The molecule has 0 aliphatic carbocycles. The Morgan fingerprint density at radius 1 is 0.521 bits per heavy atom. The first-order valence-corrected chi connectivity index (χ1v) is 22.0. The van der Waals surface area contributed by atoms with Crippen molar-refractivity contribution in [3.63, 3.8) is 0 Å². The van der Waals surface area contributed by atoms with Gasteiger partial charge in [0.2, 0.25) is 6.79 Å². The molecular formula is C55H56O16. The van der Waals surface area contributed by atoms with Gasteiger partial charge in [-0.15, -0.1) is 4.89 Å². The van der Waals surface area contributed by atoms with Crippen LogP contribution in [0.25, 0.3) is 0 Å². The summed E-state index contributed by atoms with van der Waals surface area (Å²) in [6, 6.07) is 28.3.